The van der Waals surface area contributed by atoms with Gasteiger partial charge in [0.15, 0.2) is 0 Å². The zero-order valence-corrected chi connectivity index (χ0v) is 30.7. The van der Waals surface area contributed by atoms with Gasteiger partial charge in [0.1, 0.15) is 0 Å². The number of fused-ring (bicyclic) bond motifs is 14. The van der Waals surface area contributed by atoms with E-state index in [1.54, 1.807) is 0 Å². The van der Waals surface area contributed by atoms with Crippen LogP contribution in [0, 0.1) is 0 Å². The lowest BCUT2D eigenvalue weighted by Gasteiger charge is -2.32. The Hall–Kier alpha value is -6.74. The molecule has 10 aromatic rings. The summed E-state index contributed by atoms with van der Waals surface area (Å²) in [6.45, 7) is 0. The molecule has 1 aromatic heterocycles. The Labute approximate surface area is 324 Å². The van der Waals surface area contributed by atoms with Crippen LogP contribution in [0.25, 0.3) is 64.3 Å². The van der Waals surface area contributed by atoms with Gasteiger partial charge in [-0.2, -0.15) is 0 Å². The smallest absolute Gasteiger partial charge is 0.0726 e. The second-order valence-corrected chi connectivity index (χ2v) is 15.8. The third-order valence-electron chi connectivity index (χ3n) is 12.1. The first-order valence-corrected chi connectivity index (χ1v) is 19.8. The van der Waals surface area contributed by atoms with E-state index in [4.69, 9.17) is 0 Å². The number of anilines is 3. The molecule has 0 bridgehead atoms. The monoisotopic (exact) mass is 715 g/mol. The van der Waals surface area contributed by atoms with Gasteiger partial charge in [-0.15, -0.1) is 11.3 Å². The summed E-state index contributed by atoms with van der Waals surface area (Å²) in [6, 6.07) is 74.6. The lowest BCUT2D eigenvalue weighted by atomic mass is 9.70. The van der Waals surface area contributed by atoms with Crippen molar-refractivity contribution >= 4 is 59.3 Å². The maximum absolute atomic E-state index is 2.56. The van der Waals surface area contributed by atoms with E-state index in [1.807, 2.05) is 11.3 Å². The number of rotatable bonds is 4. The molecule has 0 saturated heterocycles. The molecular weight excluding hydrogens is 683 g/mol. The molecule has 0 N–H and O–H groups in total. The van der Waals surface area contributed by atoms with E-state index in [0.29, 0.717) is 0 Å². The standard InChI is InChI=1S/C53H33NS/c1-2-16-35(17-3-1)51-37-18-5-4-15-34(37)29-32-48(51)54(36-30-31-41-40-21-9-13-28-49(40)55-50(41)33-36)47-27-14-26-46-52(47)42-22-8-12-25-45(42)53(46)43-23-10-6-19-38(43)39-20-7-11-24-44(39)53/h1-33H. The van der Waals surface area contributed by atoms with Gasteiger partial charge in [0.25, 0.3) is 0 Å². The van der Waals surface area contributed by atoms with Crippen LogP contribution in [0.3, 0.4) is 0 Å². The van der Waals surface area contributed by atoms with Crippen molar-refractivity contribution < 1.29 is 0 Å². The van der Waals surface area contributed by atoms with Crippen LogP contribution < -0.4 is 4.90 Å². The SMILES string of the molecule is c1ccc(-c2c(N(c3ccc4c(c3)sc3ccccc34)c3cccc4c3-c3ccccc3C43c4ccccc4-c4ccccc43)ccc3ccccc23)cc1. The van der Waals surface area contributed by atoms with E-state index >= 15 is 0 Å². The summed E-state index contributed by atoms with van der Waals surface area (Å²) >= 11 is 1.87. The highest BCUT2D eigenvalue weighted by molar-refractivity contribution is 7.25. The fourth-order valence-electron chi connectivity index (χ4n) is 9.93. The van der Waals surface area contributed by atoms with Gasteiger partial charge in [-0.25, -0.2) is 0 Å². The molecule has 0 atom stereocenters. The molecule has 12 rings (SSSR count). The Morgan fingerprint density at radius 3 is 1.73 bits per heavy atom. The van der Waals surface area contributed by atoms with Crippen LogP contribution in [-0.2, 0) is 5.41 Å². The third-order valence-corrected chi connectivity index (χ3v) is 13.2. The van der Waals surface area contributed by atoms with Crippen molar-refractivity contribution in [3.8, 4) is 33.4 Å². The molecule has 0 saturated carbocycles. The van der Waals surface area contributed by atoms with Crippen molar-refractivity contribution in [2.45, 2.75) is 5.41 Å². The number of hydrogen-bond acceptors (Lipinski definition) is 2. The summed E-state index contributed by atoms with van der Waals surface area (Å²) in [7, 11) is 0. The summed E-state index contributed by atoms with van der Waals surface area (Å²) in [4.78, 5) is 2.56. The number of thiophene rings is 1. The van der Waals surface area contributed by atoms with E-state index in [9.17, 15) is 0 Å². The largest absolute Gasteiger partial charge is 0.309 e. The predicted octanol–water partition coefficient (Wildman–Crippen LogP) is 14.7. The minimum Gasteiger partial charge on any atom is -0.309 e. The summed E-state index contributed by atoms with van der Waals surface area (Å²) < 4.78 is 2.60. The summed E-state index contributed by atoms with van der Waals surface area (Å²) in [5.74, 6) is 0. The van der Waals surface area contributed by atoms with Crippen LogP contribution in [0.2, 0.25) is 0 Å². The lowest BCUT2D eigenvalue weighted by Crippen LogP contribution is -2.26. The summed E-state index contributed by atoms with van der Waals surface area (Å²) in [6.07, 6.45) is 0. The molecule has 2 aliphatic rings. The van der Waals surface area contributed by atoms with E-state index < -0.39 is 5.41 Å². The molecule has 0 radical (unpaired) electrons. The zero-order valence-electron chi connectivity index (χ0n) is 29.9. The minimum absolute atomic E-state index is 0.429. The predicted molar refractivity (Wildman–Crippen MR) is 233 cm³/mol. The second kappa shape index (κ2) is 11.6. The van der Waals surface area contributed by atoms with E-state index in [0.717, 1.165) is 11.4 Å². The average molecular weight is 716 g/mol. The van der Waals surface area contributed by atoms with Gasteiger partial charge in [-0.1, -0.05) is 170 Å². The van der Waals surface area contributed by atoms with Crippen molar-refractivity contribution in [3.05, 3.63) is 222 Å². The van der Waals surface area contributed by atoms with Crippen LogP contribution in [0.4, 0.5) is 17.1 Å². The van der Waals surface area contributed by atoms with Gasteiger partial charge in [0.2, 0.25) is 0 Å². The molecule has 0 fully saturated rings. The van der Waals surface area contributed by atoms with Crippen LogP contribution in [0.15, 0.2) is 200 Å². The van der Waals surface area contributed by atoms with Crippen LogP contribution >= 0.6 is 11.3 Å². The topological polar surface area (TPSA) is 3.24 Å². The molecule has 1 nitrogen and oxygen atoms in total. The van der Waals surface area contributed by atoms with Gasteiger partial charge < -0.3 is 4.90 Å². The maximum Gasteiger partial charge on any atom is 0.0726 e. The Balaban J connectivity index is 1.21. The molecule has 1 spiro atoms. The van der Waals surface area contributed by atoms with E-state index in [1.165, 1.54) is 92.3 Å². The Morgan fingerprint density at radius 2 is 0.945 bits per heavy atom. The minimum atomic E-state index is -0.429. The van der Waals surface area contributed by atoms with Crippen LogP contribution in [0.5, 0.6) is 0 Å². The highest BCUT2D eigenvalue weighted by Gasteiger charge is 2.52. The van der Waals surface area contributed by atoms with Crippen molar-refractivity contribution in [1.29, 1.82) is 0 Å². The molecular formula is C53H33NS. The van der Waals surface area contributed by atoms with Crippen molar-refractivity contribution in [2.75, 3.05) is 4.90 Å². The molecule has 9 aromatic carbocycles. The highest BCUT2D eigenvalue weighted by Crippen LogP contribution is 2.65. The Bertz CT molecular complexity index is 3120. The number of nitrogens with zero attached hydrogens (tertiary/aromatic N) is 1. The molecule has 0 unspecified atom stereocenters. The number of benzene rings is 9. The molecule has 0 amide bonds. The number of hydrogen-bond donors (Lipinski definition) is 0. The molecule has 0 aliphatic heterocycles. The zero-order chi connectivity index (χ0) is 36.1. The van der Waals surface area contributed by atoms with Gasteiger partial charge in [0, 0.05) is 37.0 Å². The first-order chi connectivity index (χ1) is 27.3. The fourth-order valence-corrected chi connectivity index (χ4v) is 11.1. The molecule has 256 valence electrons. The van der Waals surface area contributed by atoms with Crippen LogP contribution in [0.1, 0.15) is 22.3 Å². The average Bonchev–Trinajstić information content (AvgIpc) is 3.88. The van der Waals surface area contributed by atoms with Crippen molar-refractivity contribution in [2.24, 2.45) is 0 Å². The van der Waals surface area contributed by atoms with Gasteiger partial charge >= 0.3 is 0 Å². The quantitative estimate of drug-likeness (QED) is 0.175. The van der Waals surface area contributed by atoms with Gasteiger partial charge in [0.05, 0.1) is 16.8 Å². The van der Waals surface area contributed by atoms with E-state index in [2.05, 4.69) is 205 Å². The third kappa shape index (κ3) is 4.18. The molecule has 2 aliphatic carbocycles. The first kappa shape index (κ1) is 30.7. The summed E-state index contributed by atoms with van der Waals surface area (Å²) in [5.41, 5.74) is 16.1. The highest BCUT2D eigenvalue weighted by atomic mass is 32.1. The fraction of sp³-hybridized carbons (Fsp3) is 0.0189. The first-order valence-electron chi connectivity index (χ1n) is 19.0. The van der Waals surface area contributed by atoms with Gasteiger partial charge in [-0.3, -0.25) is 0 Å². The molecule has 1 heterocycles. The maximum atomic E-state index is 2.56. The van der Waals surface area contributed by atoms with Crippen molar-refractivity contribution in [3.63, 3.8) is 0 Å². The molecule has 2 heteroatoms. The van der Waals surface area contributed by atoms with Gasteiger partial charge in [-0.05, 0) is 85.6 Å². The van der Waals surface area contributed by atoms with Crippen LogP contribution in [-0.4, -0.2) is 0 Å². The summed E-state index contributed by atoms with van der Waals surface area (Å²) in [5, 5.41) is 5.08. The normalized spacial score (nSPS) is 13.2. The van der Waals surface area contributed by atoms with E-state index in [-0.39, 0.29) is 0 Å². The Morgan fingerprint density at radius 1 is 0.364 bits per heavy atom. The lowest BCUT2D eigenvalue weighted by molar-refractivity contribution is 0.794. The van der Waals surface area contributed by atoms with Crippen molar-refractivity contribution in [1.82, 2.24) is 0 Å². The Kier molecular flexibility index (Phi) is 6.49. The molecule has 55 heavy (non-hydrogen) atoms. The second-order valence-electron chi connectivity index (χ2n) is 14.7.